The molecule has 2 N–H and O–H groups in total. The summed E-state index contributed by atoms with van der Waals surface area (Å²) in [5.74, 6) is 2.27. The van der Waals surface area contributed by atoms with Crippen LogP contribution in [0.4, 0.5) is 11.8 Å². The zero-order valence-corrected chi connectivity index (χ0v) is 18.9. The second-order valence-corrected chi connectivity index (χ2v) is 8.87. The molecule has 1 atom stereocenters. The van der Waals surface area contributed by atoms with Crippen molar-refractivity contribution in [2.45, 2.75) is 56.5 Å². The summed E-state index contributed by atoms with van der Waals surface area (Å²) in [4.78, 5) is 35.8. The van der Waals surface area contributed by atoms with Crippen LogP contribution < -0.4 is 20.3 Å². The topological polar surface area (TPSA) is 96.4 Å². The lowest BCUT2D eigenvalue weighted by atomic mass is 9.90. The SMILES string of the molecule is COc1ccc2c(c1)C(CC(=O)N[C@H]1CC[C@@H](Nc3nccc(N(C)C)n3)CC1)CC2=O. The van der Waals surface area contributed by atoms with Crippen molar-refractivity contribution >= 4 is 23.5 Å². The number of ether oxygens (including phenoxy) is 1. The number of rotatable bonds is 7. The molecule has 32 heavy (non-hydrogen) atoms. The fraction of sp³-hybridized carbons (Fsp3) is 0.500. The number of hydrogen-bond acceptors (Lipinski definition) is 7. The summed E-state index contributed by atoms with van der Waals surface area (Å²) in [6, 6.07) is 7.84. The normalized spacial score (nSPS) is 22.2. The maximum Gasteiger partial charge on any atom is 0.224 e. The summed E-state index contributed by atoms with van der Waals surface area (Å²) in [7, 11) is 5.52. The highest BCUT2D eigenvalue weighted by molar-refractivity contribution is 6.02. The summed E-state index contributed by atoms with van der Waals surface area (Å²) in [6.07, 6.45) is 6.19. The van der Waals surface area contributed by atoms with Crippen molar-refractivity contribution < 1.29 is 14.3 Å². The van der Waals surface area contributed by atoms with E-state index in [0.29, 0.717) is 24.8 Å². The van der Waals surface area contributed by atoms with Crippen LogP contribution in [0.15, 0.2) is 30.5 Å². The first kappa shape index (κ1) is 22.0. The number of nitrogens with one attached hydrogen (secondary N) is 2. The molecule has 1 amide bonds. The Morgan fingerprint density at radius 2 is 1.91 bits per heavy atom. The van der Waals surface area contributed by atoms with E-state index >= 15 is 0 Å². The van der Waals surface area contributed by atoms with Crippen molar-refractivity contribution in [2.75, 3.05) is 31.4 Å². The minimum absolute atomic E-state index is 0.0110. The first-order chi connectivity index (χ1) is 15.4. The van der Waals surface area contributed by atoms with E-state index in [1.54, 1.807) is 25.4 Å². The van der Waals surface area contributed by atoms with Gasteiger partial charge >= 0.3 is 0 Å². The molecule has 8 heteroatoms. The molecule has 8 nitrogen and oxygen atoms in total. The molecular weight excluding hydrogens is 406 g/mol. The van der Waals surface area contributed by atoms with Crippen molar-refractivity contribution in [3.63, 3.8) is 0 Å². The van der Waals surface area contributed by atoms with Gasteiger partial charge in [-0.25, -0.2) is 4.98 Å². The minimum Gasteiger partial charge on any atom is -0.497 e. The molecule has 1 unspecified atom stereocenters. The second-order valence-electron chi connectivity index (χ2n) is 8.87. The number of fused-ring (bicyclic) bond motifs is 1. The van der Waals surface area contributed by atoms with Crippen LogP contribution in [-0.4, -0.2) is 54.9 Å². The van der Waals surface area contributed by atoms with Crippen LogP contribution in [0.1, 0.15) is 60.4 Å². The van der Waals surface area contributed by atoms with Gasteiger partial charge in [-0.2, -0.15) is 4.98 Å². The smallest absolute Gasteiger partial charge is 0.224 e. The number of anilines is 2. The fourth-order valence-electron chi connectivity index (χ4n) is 4.63. The number of hydrogen-bond donors (Lipinski definition) is 2. The molecule has 0 bridgehead atoms. The zero-order valence-electron chi connectivity index (χ0n) is 18.9. The second kappa shape index (κ2) is 9.54. The highest BCUT2D eigenvalue weighted by atomic mass is 16.5. The Morgan fingerprint density at radius 3 is 2.62 bits per heavy atom. The van der Waals surface area contributed by atoms with E-state index < -0.39 is 0 Å². The highest BCUT2D eigenvalue weighted by Gasteiger charge is 2.32. The molecule has 0 aliphatic heterocycles. The largest absolute Gasteiger partial charge is 0.497 e. The number of ketones is 1. The van der Waals surface area contributed by atoms with Gasteiger partial charge in [0.05, 0.1) is 7.11 Å². The molecule has 170 valence electrons. The Labute approximate surface area is 188 Å². The number of methoxy groups -OCH3 is 1. The van der Waals surface area contributed by atoms with Crippen LogP contribution in [0.25, 0.3) is 0 Å². The van der Waals surface area contributed by atoms with Crippen molar-refractivity contribution in [3.8, 4) is 5.75 Å². The predicted molar refractivity (Wildman–Crippen MR) is 123 cm³/mol. The molecule has 4 rings (SSSR count). The molecule has 2 aromatic rings. The van der Waals surface area contributed by atoms with Crippen molar-refractivity contribution in [2.24, 2.45) is 0 Å². The molecule has 1 fully saturated rings. The fourth-order valence-corrected chi connectivity index (χ4v) is 4.63. The Kier molecular flexibility index (Phi) is 6.58. The number of benzene rings is 1. The van der Waals surface area contributed by atoms with E-state index in [1.165, 1.54) is 0 Å². The first-order valence-corrected chi connectivity index (χ1v) is 11.2. The van der Waals surface area contributed by atoms with E-state index in [4.69, 9.17) is 4.74 Å². The predicted octanol–water partition coefficient (Wildman–Crippen LogP) is 3.15. The van der Waals surface area contributed by atoms with Gasteiger partial charge in [0, 0.05) is 56.7 Å². The molecule has 1 saturated carbocycles. The van der Waals surface area contributed by atoms with Crippen LogP contribution in [-0.2, 0) is 4.79 Å². The lowest BCUT2D eigenvalue weighted by Gasteiger charge is -2.30. The van der Waals surface area contributed by atoms with Gasteiger partial charge in [0.2, 0.25) is 11.9 Å². The number of carbonyl (C=O) groups is 2. The third kappa shape index (κ3) is 5.00. The molecule has 2 aliphatic rings. The number of nitrogens with zero attached hydrogens (tertiary/aromatic N) is 3. The van der Waals surface area contributed by atoms with E-state index in [9.17, 15) is 9.59 Å². The Balaban J connectivity index is 1.27. The van der Waals surface area contributed by atoms with Crippen LogP contribution in [0, 0.1) is 0 Å². The average Bonchev–Trinajstić information content (AvgIpc) is 3.09. The maximum atomic E-state index is 12.7. The molecule has 0 spiro atoms. The van der Waals surface area contributed by atoms with E-state index in [2.05, 4.69) is 20.6 Å². The first-order valence-electron chi connectivity index (χ1n) is 11.2. The molecule has 2 aliphatic carbocycles. The standard InChI is InChI=1S/C24H31N5O3/c1-29(2)22-10-11-25-24(28-22)27-17-6-4-16(5-7-17)26-23(31)13-15-12-21(30)19-9-8-18(32-3)14-20(15)19/h8-11,14-17H,4-7,12-13H2,1-3H3,(H,26,31)(H,25,27,28)/t15?,16-,17+. The van der Waals surface area contributed by atoms with Gasteiger partial charge < -0.3 is 20.3 Å². The van der Waals surface area contributed by atoms with Crippen molar-refractivity contribution in [3.05, 3.63) is 41.6 Å². The summed E-state index contributed by atoms with van der Waals surface area (Å²) >= 11 is 0. The van der Waals surface area contributed by atoms with E-state index in [-0.39, 0.29) is 23.7 Å². The lowest BCUT2D eigenvalue weighted by Crippen LogP contribution is -2.40. The average molecular weight is 438 g/mol. The number of Topliss-reactive ketones (excluding diaryl/α,β-unsaturated/α-hetero) is 1. The quantitative estimate of drug-likeness (QED) is 0.687. The molecule has 0 saturated heterocycles. The van der Waals surface area contributed by atoms with Crippen molar-refractivity contribution in [1.82, 2.24) is 15.3 Å². The van der Waals surface area contributed by atoms with Gasteiger partial charge in [-0.05, 0) is 55.5 Å². The van der Waals surface area contributed by atoms with Crippen LogP contribution in [0.5, 0.6) is 5.75 Å². The van der Waals surface area contributed by atoms with Gasteiger partial charge in [0.15, 0.2) is 5.78 Å². The van der Waals surface area contributed by atoms with Gasteiger partial charge in [0.1, 0.15) is 11.6 Å². The minimum atomic E-state index is -0.0771. The van der Waals surface area contributed by atoms with Crippen LogP contribution >= 0.6 is 0 Å². The zero-order chi connectivity index (χ0) is 22.7. The summed E-state index contributed by atoms with van der Waals surface area (Å²) < 4.78 is 5.29. The Hall–Kier alpha value is -3.16. The maximum absolute atomic E-state index is 12.7. The highest BCUT2D eigenvalue weighted by Crippen LogP contribution is 2.37. The van der Waals surface area contributed by atoms with Crippen LogP contribution in [0.2, 0.25) is 0 Å². The number of carbonyl (C=O) groups excluding carboxylic acids is 2. The lowest BCUT2D eigenvalue weighted by molar-refractivity contribution is -0.122. The monoisotopic (exact) mass is 437 g/mol. The molecule has 1 aromatic carbocycles. The van der Waals surface area contributed by atoms with Gasteiger partial charge in [-0.1, -0.05) is 0 Å². The summed E-state index contributed by atoms with van der Waals surface area (Å²) in [5, 5.41) is 6.61. The summed E-state index contributed by atoms with van der Waals surface area (Å²) in [5.41, 5.74) is 1.65. The van der Waals surface area contributed by atoms with Gasteiger partial charge in [0.25, 0.3) is 0 Å². The third-order valence-corrected chi connectivity index (χ3v) is 6.39. The molecule has 1 aromatic heterocycles. The summed E-state index contributed by atoms with van der Waals surface area (Å²) in [6.45, 7) is 0. The molecule has 1 heterocycles. The molecular formula is C24H31N5O3. The Bertz CT molecular complexity index is 985. The third-order valence-electron chi connectivity index (χ3n) is 6.39. The number of aromatic nitrogens is 2. The van der Waals surface area contributed by atoms with E-state index in [0.717, 1.165) is 48.4 Å². The molecule has 0 radical (unpaired) electrons. The van der Waals surface area contributed by atoms with Crippen LogP contribution in [0.3, 0.4) is 0 Å². The Morgan fingerprint density at radius 1 is 1.16 bits per heavy atom. The van der Waals surface area contributed by atoms with Gasteiger partial charge in [-0.15, -0.1) is 0 Å². The number of amides is 1. The van der Waals surface area contributed by atoms with Crippen molar-refractivity contribution in [1.29, 1.82) is 0 Å². The van der Waals surface area contributed by atoms with E-state index in [1.807, 2.05) is 31.1 Å². The van der Waals surface area contributed by atoms with Gasteiger partial charge in [-0.3, -0.25) is 9.59 Å².